The number of hydrogen-bond donors (Lipinski definition) is 1. The maximum absolute atomic E-state index is 12.6. The molecule has 19 heavy (non-hydrogen) atoms. The number of aromatic nitrogens is 2. The third-order valence-corrected chi connectivity index (χ3v) is 2.92. The van der Waals surface area contributed by atoms with Crippen LogP contribution in [-0.2, 0) is 4.74 Å². The third-order valence-electron chi connectivity index (χ3n) is 2.92. The molecule has 0 aliphatic rings. The van der Waals surface area contributed by atoms with Crippen LogP contribution in [0.1, 0.15) is 11.7 Å². The molecule has 0 saturated carbocycles. The van der Waals surface area contributed by atoms with Gasteiger partial charge in [-0.15, -0.1) is 0 Å². The maximum atomic E-state index is 12.6. The minimum atomic E-state index is -0.660. The lowest BCUT2D eigenvalue weighted by Crippen LogP contribution is -2.31. The van der Waals surface area contributed by atoms with Crippen molar-refractivity contribution < 1.29 is 9.13 Å². The van der Waals surface area contributed by atoms with E-state index < -0.39 is 18.8 Å². The zero-order valence-electron chi connectivity index (χ0n) is 10.7. The largest absolute Gasteiger partial charge is 0.375 e. The highest BCUT2D eigenvalue weighted by Gasteiger charge is 2.19. The number of hydrogen-bond acceptors (Lipinski definition) is 4. The second kappa shape index (κ2) is 6.36. The van der Waals surface area contributed by atoms with E-state index in [-0.39, 0.29) is 0 Å². The molecule has 0 aliphatic heterocycles. The Morgan fingerprint density at radius 2 is 2.00 bits per heavy atom. The molecule has 2 rings (SSSR count). The maximum Gasteiger partial charge on any atom is 0.107 e. The van der Waals surface area contributed by atoms with E-state index in [0.29, 0.717) is 0 Å². The summed E-state index contributed by atoms with van der Waals surface area (Å²) in [6, 6.07) is 6.88. The zero-order valence-corrected chi connectivity index (χ0v) is 10.7. The van der Waals surface area contributed by atoms with Crippen LogP contribution in [0.2, 0.25) is 0 Å². The van der Waals surface area contributed by atoms with Gasteiger partial charge >= 0.3 is 0 Å². The number of rotatable bonds is 5. The lowest BCUT2D eigenvalue weighted by molar-refractivity contribution is 0.0721. The van der Waals surface area contributed by atoms with Gasteiger partial charge in [0.05, 0.1) is 24.0 Å². The van der Waals surface area contributed by atoms with Crippen LogP contribution in [-0.4, -0.2) is 29.8 Å². The second-order valence-corrected chi connectivity index (χ2v) is 4.19. The molecule has 2 aromatic rings. The Labute approximate surface area is 111 Å². The van der Waals surface area contributed by atoms with Crippen molar-refractivity contribution in [3.05, 3.63) is 48.4 Å². The Kier molecular flexibility index (Phi) is 4.54. The summed E-state index contributed by atoms with van der Waals surface area (Å²) in [5.41, 5.74) is 8.27. The topological polar surface area (TPSA) is 61.0 Å². The van der Waals surface area contributed by atoms with Gasteiger partial charge in [0.2, 0.25) is 0 Å². The molecule has 1 aromatic heterocycles. The molecule has 100 valence electrons. The highest BCUT2D eigenvalue weighted by atomic mass is 19.1. The van der Waals surface area contributed by atoms with Gasteiger partial charge in [-0.05, 0) is 5.56 Å². The quantitative estimate of drug-likeness (QED) is 0.895. The number of halogens is 1. The minimum Gasteiger partial charge on any atom is -0.375 e. The normalized spacial score (nSPS) is 14.1. The number of benzene rings is 1. The van der Waals surface area contributed by atoms with Crippen molar-refractivity contribution in [1.82, 2.24) is 9.97 Å². The molecule has 0 bridgehead atoms. The van der Waals surface area contributed by atoms with E-state index in [9.17, 15) is 4.39 Å². The average Bonchev–Trinajstić information content (AvgIpc) is 2.49. The van der Waals surface area contributed by atoms with E-state index in [1.54, 1.807) is 18.6 Å². The molecule has 0 aliphatic carbocycles. The second-order valence-electron chi connectivity index (χ2n) is 4.19. The summed E-state index contributed by atoms with van der Waals surface area (Å²) in [5, 5.41) is 0. The summed E-state index contributed by atoms with van der Waals surface area (Å²) >= 11 is 0. The fraction of sp³-hybridized carbons (Fsp3) is 0.286. The number of ether oxygens (including phenoxy) is 1. The fourth-order valence-corrected chi connectivity index (χ4v) is 1.93. The van der Waals surface area contributed by atoms with Gasteiger partial charge in [0.15, 0.2) is 0 Å². The van der Waals surface area contributed by atoms with Crippen molar-refractivity contribution >= 4 is 0 Å². The summed E-state index contributed by atoms with van der Waals surface area (Å²) in [4.78, 5) is 8.24. The monoisotopic (exact) mass is 261 g/mol. The van der Waals surface area contributed by atoms with E-state index in [4.69, 9.17) is 10.5 Å². The van der Waals surface area contributed by atoms with Crippen molar-refractivity contribution in [3.63, 3.8) is 0 Å². The van der Waals surface area contributed by atoms with E-state index >= 15 is 0 Å². The Bertz CT molecular complexity index is 504. The van der Waals surface area contributed by atoms with Crippen LogP contribution in [0.4, 0.5) is 4.39 Å². The van der Waals surface area contributed by atoms with Crippen LogP contribution in [0.15, 0.2) is 42.9 Å². The molecule has 0 spiro atoms. The molecule has 2 N–H and O–H groups in total. The molecule has 2 atom stereocenters. The Balaban J connectivity index is 2.23. The average molecular weight is 261 g/mol. The Hall–Kier alpha value is -1.85. The van der Waals surface area contributed by atoms with Gasteiger partial charge in [-0.1, -0.05) is 24.3 Å². The molecule has 1 heterocycles. The molecule has 0 radical (unpaired) electrons. The fourth-order valence-electron chi connectivity index (χ4n) is 1.93. The number of alkyl halides is 1. The van der Waals surface area contributed by atoms with Crippen LogP contribution >= 0.6 is 0 Å². The molecule has 0 amide bonds. The molecule has 0 unspecified atom stereocenters. The molecule has 4 nitrogen and oxygen atoms in total. The van der Waals surface area contributed by atoms with Crippen molar-refractivity contribution in [3.8, 4) is 11.3 Å². The predicted octanol–water partition coefficient (Wildman–Crippen LogP) is 2.13. The van der Waals surface area contributed by atoms with Gasteiger partial charge in [0.1, 0.15) is 6.67 Å². The first kappa shape index (κ1) is 13.6. The molecular formula is C14H16FN3O. The van der Waals surface area contributed by atoms with E-state index in [0.717, 1.165) is 16.8 Å². The number of nitrogens with zero attached hydrogens (tertiary/aromatic N) is 2. The summed E-state index contributed by atoms with van der Waals surface area (Å²) in [7, 11) is 1.52. The molecule has 1 aromatic carbocycles. The van der Waals surface area contributed by atoms with Gasteiger partial charge in [-0.25, -0.2) is 4.39 Å². The van der Waals surface area contributed by atoms with Gasteiger partial charge in [-0.2, -0.15) is 0 Å². The molecule has 5 heteroatoms. The Morgan fingerprint density at radius 3 is 2.53 bits per heavy atom. The number of methoxy groups -OCH3 is 1. The van der Waals surface area contributed by atoms with Crippen LogP contribution in [0.25, 0.3) is 11.3 Å². The van der Waals surface area contributed by atoms with Crippen molar-refractivity contribution in [1.29, 1.82) is 0 Å². The van der Waals surface area contributed by atoms with Crippen molar-refractivity contribution in [2.75, 3.05) is 13.8 Å². The first-order valence-corrected chi connectivity index (χ1v) is 5.97. The lowest BCUT2D eigenvalue weighted by atomic mass is 10.0. The summed E-state index contributed by atoms with van der Waals surface area (Å²) in [6.07, 6.45) is 4.51. The van der Waals surface area contributed by atoms with Crippen LogP contribution in [0, 0.1) is 0 Å². The summed E-state index contributed by atoms with van der Waals surface area (Å²) in [6.45, 7) is -0.621. The van der Waals surface area contributed by atoms with Crippen LogP contribution in [0.3, 0.4) is 0 Å². The lowest BCUT2D eigenvalue weighted by Gasteiger charge is -2.20. The van der Waals surface area contributed by atoms with Crippen molar-refractivity contribution in [2.24, 2.45) is 5.73 Å². The SMILES string of the molecule is CO[C@H](c1ccc(-c2cnccn2)cc1)[C@H](N)CF. The van der Waals surface area contributed by atoms with Gasteiger partial charge in [0, 0.05) is 25.1 Å². The van der Waals surface area contributed by atoms with Gasteiger partial charge < -0.3 is 10.5 Å². The number of nitrogens with two attached hydrogens (primary N) is 1. The first-order valence-electron chi connectivity index (χ1n) is 5.97. The van der Waals surface area contributed by atoms with Gasteiger partial charge in [0.25, 0.3) is 0 Å². The Morgan fingerprint density at radius 1 is 1.26 bits per heavy atom. The molecule has 0 saturated heterocycles. The standard InChI is InChI=1S/C14H16FN3O/c1-19-14(12(16)8-15)11-4-2-10(3-5-11)13-9-17-6-7-18-13/h2-7,9,12,14H,8,16H2,1H3/t12-,14-/m1/s1. The van der Waals surface area contributed by atoms with Crippen LogP contribution < -0.4 is 5.73 Å². The zero-order chi connectivity index (χ0) is 13.7. The highest BCUT2D eigenvalue weighted by Crippen LogP contribution is 2.23. The van der Waals surface area contributed by atoms with E-state index in [1.165, 1.54) is 7.11 Å². The minimum absolute atomic E-state index is 0.444. The third kappa shape index (κ3) is 3.13. The molecular weight excluding hydrogens is 245 g/mol. The summed E-state index contributed by atoms with van der Waals surface area (Å²) < 4.78 is 17.9. The first-order chi connectivity index (χ1) is 9.26. The van der Waals surface area contributed by atoms with Crippen LogP contribution in [0.5, 0.6) is 0 Å². The highest BCUT2D eigenvalue weighted by molar-refractivity contribution is 5.58. The smallest absolute Gasteiger partial charge is 0.107 e. The van der Waals surface area contributed by atoms with Gasteiger partial charge in [-0.3, -0.25) is 9.97 Å². The summed E-state index contributed by atoms with van der Waals surface area (Å²) in [5.74, 6) is 0. The molecule has 0 fully saturated rings. The predicted molar refractivity (Wildman–Crippen MR) is 71.2 cm³/mol. The van der Waals surface area contributed by atoms with Crippen molar-refractivity contribution in [2.45, 2.75) is 12.1 Å². The van der Waals surface area contributed by atoms with E-state index in [2.05, 4.69) is 9.97 Å². The van der Waals surface area contributed by atoms with E-state index in [1.807, 2.05) is 24.3 Å².